The Morgan fingerprint density at radius 2 is 1.80 bits per heavy atom. The first kappa shape index (κ1) is 20.3. The average Bonchev–Trinajstić information content (AvgIpc) is 3.37. The molecule has 4 atom stereocenters. The van der Waals surface area contributed by atoms with Gasteiger partial charge in [0.05, 0.1) is 18.9 Å². The van der Waals surface area contributed by atoms with Crippen molar-refractivity contribution < 1.29 is 19.1 Å². The summed E-state index contributed by atoms with van der Waals surface area (Å²) in [4.78, 5) is 22.9. The van der Waals surface area contributed by atoms with E-state index in [0.29, 0.717) is 5.92 Å². The fourth-order valence-corrected chi connectivity index (χ4v) is 4.74. The van der Waals surface area contributed by atoms with Crippen LogP contribution >= 0.6 is 0 Å². The molecule has 0 N–H and O–H groups in total. The first-order chi connectivity index (χ1) is 11.9. The molecule has 3 fully saturated rings. The third-order valence-electron chi connectivity index (χ3n) is 6.73. The van der Waals surface area contributed by atoms with E-state index in [4.69, 9.17) is 4.74 Å². The van der Waals surface area contributed by atoms with E-state index in [1.54, 1.807) is 0 Å². The lowest BCUT2D eigenvalue weighted by Gasteiger charge is -2.31. The van der Waals surface area contributed by atoms with E-state index in [2.05, 4.69) is 11.7 Å². The van der Waals surface area contributed by atoms with Crippen molar-refractivity contribution in [3.63, 3.8) is 0 Å². The minimum absolute atomic E-state index is 0.0556. The molecule has 0 radical (unpaired) electrons. The summed E-state index contributed by atoms with van der Waals surface area (Å²) in [6.07, 6.45) is 11.5. The highest BCUT2D eigenvalue weighted by atomic mass is 16.6. The molecule has 0 aromatic carbocycles. The molecule has 0 spiro atoms. The predicted molar refractivity (Wildman–Crippen MR) is 98.0 cm³/mol. The Labute approximate surface area is 153 Å². The monoisotopic (exact) mass is 352 g/mol. The molecule has 3 aliphatic rings. The van der Waals surface area contributed by atoms with Gasteiger partial charge in [-0.05, 0) is 69.6 Å². The summed E-state index contributed by atoms with van der Waals surface area (Å²) in [5.74, 6) is 1.81. The van der Waals surface area contributed by atoms with Crippen LogP contribution < -0.4 is 0 Å². The molecule has 0 aliphatic heterocycles. The van der Waals surface area contributed by atoms with E-state index in [1.807, 2.05) is 13.8 Å². The van der Waals surface area contributed by atoms with Crippen LogP contribution in [0.3, 0.4) is 0 Å². The zero-order valence-corrected chi connectivity index (χ0v) is 16.5. The Kier molecular flexibility index (Phi) is 7.33. The number of hydrogen-bond donors (Lipinski definition) is 0. The third kappa shape index (κ3) is 4.98. The van der Waals surface area contributed by atoms with Gasteiger partial charge in [-0.3, -0.25) is 9.59 Å². The van der Waals surface area contributed by atoms with Crippen molar-refractivity contribution in [2.24, 2.45) is 23.7 Å². The first-order valence-electron chi connectivity index (χ1n) is 10.2. The topological polar surface area (TPSA) is 52.6 Å². The lowest BCUT2D eigenvalue weighted by atomic mass is 9.88. The number of fused-ring (bicyclic) bond motifs is 2. The summed E-state index contributed by atoms with van der Waals surface area (Å²) in [5, 5.41) is 0. The molecule has 4 heteroatoms. The van der Waals surface area contributed by atoms with E-state index >= 15 is 0 Å². The number of carbonyl (C=O) groups excluding carboxylic acids is 2. The zero-order chi connectivity index (χ0) is 18.4. The van der Waals surface area contributed by atoms with Gasteiger partial charge in [0.1, 0.15) is 5.60 Å². The van der Waals surface area contributed by atoms with Gasteiger partial charge >= 0.3 is 11.9 Å². The van der Waals surface area contributed by atoms with Gasteiger partial charge < -0.3 is 9.47 Å². The molecule has 2 bridgehead atoms. The SMILES string of the molecule is CCC(C)C(=O)OC.CCC1(OC(=O)C2CC3CCC2C3)CCCC1. The normalized spacial score (nSPS) is 30.3. The maximum absolute atomic E-state index is 12.3. The second-order valence-corrected chi connectivity index (χ2v) is 8.28. The number of esters is 2. The highest BCUT2D eigenvalue weighted by Gasteiger charge is 2.46. The van der Waals surface area contributed by atoms with Crippen LogP contribution in [0, 0.1) is 23.7 Å². The van der Waals surface area contributed by atoms with Crippen LogP contribution in [0.25, 0.3) is 0 Å². The predicted octanol–water partition coefficient (Wildman–Crippen LogP) is 4.89. The summed E-state index contributed by atoms with van der Waals surface area (Å²) in [6.45, 7) is 5.98. The molecule has 0 heterocycles. The van der Waals surface area contributed by atoms with Crippen LogP contribution in [0.2, 0.25) is 0 Å². The molecule has 4 unspecified atom stereocenters. The maximum Gasteiger partial charge on any atom is 0.309 e. The Morgan fingerprint density at radius 1 is 1.12 bits per heavy atom. The first-order valence-corrected chi connectivity index (χ1v) is 10.2. The molecule has 4 nitrogen and oxygen atoms in total. The average molecular weight is 353 g/mol. The lowest BCUT2D eigenvalue weighted by Crippen LogP contribution is -2.35. The molecule has 0 amide bonds. The summed E-state index contributed by atoms with van der Waals surface area (Å²) in [5.41, 5.74) is -0.0844. The minimum atomic E-state index is -0.118. The highest BCUT2D eigenvalue weighted by molar-refractivity contribution is 5.74. The molecule has 3 saturated carbocycles. The van der Waals surface area contributed by atoms with Gasteiger partial charge in [0.25, 0.3) is 0 Å². The number of hydrogen-bond acceptors (Lipinski definition) is 4. The Hall–Kier alpha value is -1.06. The molecule has 3 rings (SSSR count). The van der Waals surface area contributed by atoms with Crippen LogP contribution in [0.15, 0.2) is 0 Å². The lowest BCUT2D eigenvalue weighted by molar-refractivity contribution is -0.166. The van der Waals surface area contributed by atoms with Gasteiger partial charge in [0.15, 0.2) is 0 Å². The standard InChI is InChI=1S/C15H24O2.C6H12O2/c1-2-15(7-3-4-8-15)17-14(16)13-10-11-5-6-12(13)9-11;1-4-5(2)6(7)8-3/h11-13H,2-10H2,1H3;5H,4H2,1-3H3. The van der Waals surface area contributed by atoms with Crippen molar-refractivity contribution in [2.75, 3.05) is 7.11 Å². The largest absolute Gasteiger partial charge is 0.469 e. The van der Waals surface area contributed by atoms with E-state index in [9.17, 15) is 9.59 Å². The van der Waals surface area contributed by atoms with E-state index in [0.717, 1.165) is 38.0 Å². The van der Waals surface area contributed by atoms with Crippen molar-refractivity contribution in [1.29, 1.82) is 0 Å². The molecule has 0 saturated heterocycles. The minimum Gasteiger partial charge on any atom is -0.469 e. The number of ether oxygens (including phenoxy) is 2. The van der Waals surface area contributed by atoms with Crippen LogP contribution in [0.4, 0.5) is 0 Å². The van der Waals surface area contributed by atoms with Crippen LogP contribution in [-0.2, 0) is 19.1 Å². The smallest absolute Gasteiger partial charge is 0.309 e. The highest BCUT2D eigenvalue weighted by Crippen LogP contribution is 2.49. The summed E-state index contributed by atoms with van der Waals surface area (Å²) < 4.78 is 10.4. The Morgan fingerprint density at radius 3 is 2.20 bits per heavy atom. The van der Waals surface area contributed by atoms with Crippen molar-refractivity contribution in [3.8, 4) is 0 Å². The molecule has 0 aromatic heterocycles. The van der Waals surface area contributed by atoms with Crippen LogP contribution in [0.5, 0.6) is 0 Å². The van der Waals surface area contributed by atoms with E-state index in [-0.39, 0.29) is 29.4 Å². The van der Waals surface area contributed by atoms with E-state index in [1.165, 1.54) is 39.2 Å². The van der Waals surface area contributed by atoms with Gasteiger partial charge in [0.2, 0.25) is 0 Å². The third-order valence-corrected chi connectivity index (χ3v) is 6.73. The van der Waals surface area contributed by atoms with Gasteiger partial charge in [-0.2, -0.15) is 0 Å². The van der Waals surface area contributed by atoms with Gasteiger partial charge in [-0.25, -0.2) is 0 Å². The maximum atomic E-state index is 12.3. The molecular weight excluding hydrogens is 316 g/mol. The molecule has 3 aliphatic carbocycles. The summed E-state index contributed by atoms with van der Waals surface area (Å²) in [6, 6.07) is 0. The van der Waals surface area contributed by atoms with Crippen LogP contribution in [0.1, 0.15) is 85.0 Å². The fraction of sp³-hybridized carbons (Fsp3) is 0.905. The molecule has 0 aromatic rings. The Bertz CT molecular complexity index is 453. The second kappa shape index (κ2) is 9.05. The van der Waals surface area contributed by atoms with Crippen molar-refractivity contribution in [2.45, 2.75) is 90.6 Å². The number of carbonyl (C=O) groups is 2. The van der Waals surface area contributed by atoms with Crippen molar-refractivity contribution in [3.05, 3.63) is 0 Å². The summed E-state index contributed by atoms with van der Waals surface area (Å²) in [7, 11) is 1.41. The van der Waals surface area contributed by atoms with Crippen molar-refractivity contribution >= 4 is 11.9 Å². The van der Waals surface area contributed by atoms with Crippen LogP contribution in [-0.4, -0.2) is 24.6 Å². The molecular formula is C21H36O4. The Balaban J connectivity index is 0.000000242. The van der Waals surface area contributed by atoms with Gasteiger partial charge in [-0.15, -0.1) is 0 Å². The zero-order valence-electron chi connectivity index (χ0n) is 16.5. The van der Waals surface area contributed by atoms with E-state index < -0.39 is 0 Å². The van der Waals surface area contributed by atoms with Gasteiger partial charge in [-0.1, -0.05) is 27.2 Å². The van der Waals surface area contributed by atoms with Crippen molar-refractivity contribution in [1.82, 2.24) is 0 Å². The fourth-order valence-electron chi connectivity index (χ4n) is 4.74. The molecule has 144 valence electrons. The number of methoxy groups -OCH3 is 1. The number of rotatable bonds is 5. The quantitative estimate of drug-likeness (QED) is 0.661. The second-order valence-electron chi connectivity index (χ2n) is 8.28. The van der Waals surface area contributed by atoms with Gasteiger partial charge in [0, 0.05) is 0 Å². The summed E-state index contributed by atoms with van der Waals surface area (Å²) >= 11 is 0. The molecule has 25 heavy (non-hydrogen) atoms.